The van der Waals surface area contributed by atoms with Crippen molar-refractivity contribution in [3.8, 4) is 0 Å². The van der Waals surface area contributed by atoms with Gasteiger partial charge < -0.3 is 15.7 Å². The van der Waals surface area contributed by atoms with Crippen molar-refractivity contribution in [3.63, 3.8) is 0 Å². The fraction of sp³-hybridized carbons (Fsp3) is 0.462. The molecule has 0 spiro atoms. The molecule has 1 unspecified atom stereocenters. The number of aliphatic hydroxyl groups is 1. The Balaban J connectivity index is 2.23. The Morgan fingerprint density at radius 2 is 2.00 bits per heavy atom. The lowest BCUT2D eigenvalue weighted by molar-refractivity contribution is 0.181. The van der Waals surface area contributed by atoms with E-state index in [4.69, 9.17) is 5.11 Å². The fourth-order valence-corrected chi connectivity index (χ4v) is 1.41. The standard InChI is InChI=1S/C13H20N2O2/c1-10-5-7-12(8-6-10)15-13(17)14-9-3-4-11(2)16/h5-8,11,16H,3-4,9H2,1-2H3,(H2,14,15,17). The van der Waals surface area contributed by atoms with Gasteiger partial charge in [0.15, 0.2) is 0 Å². The first kappa shape index (κ1) is 13.5. The summed E-state index contributed by atoms with van der Waals surface area (Å²) in [6.07, 6.45) is 1.17. The van der Waals surface area contributed by atoms with Crippen molar-refractivity contribution in [2.24, 2.45) is 0 Å². The minimum atomic E-state index is -0.308. The topological polar surface area (TPSA) is 61.4 Å². The van der Waals surface area contributed by atoms with Crippen LogP contribution in [-0.2, 0) is 0 Å². The minimum Gasteiger partial charge on any atom is -0.393 e. The van der Waals surface area contributed by atoms with E-state index >= 15 is 0 Å². The van der Waals surface area contributed by atoms with Crippen LogP contribution in [0.3, 0.4) is 0 Å². The molecule has 1 atom stereocenters. The van der Waals surface area contributed by atoms with Gasteiger partial charge in [0.1, 0.15) is 0 Å². The molecule has 2 amide bonds. The van der Waals surface area contributed by atoms with Crippen molar-refractivity contribution in [1.82, 2.24) is 5.32 Å². The average Bonchev–Trinajstić information content (AvgIpc) is 2.27. The Hall–Kier alpha value is -1.55. The molecule has 4 nitrogen and oxygen atoms in total. The molecule has 0 heterocycles. The second-order valence-corrected chi connectivity index (χ2v) is 4.24. The third-order valence-corrected chi connectivity index (χ3v) is 2.39. The summed E-state index contributed by atoms with van der Waals surface area (Å²) < 4.78 is 0. The van der Waals surface area contributed by atoms with Crippen LogP contribution in [0.1, 0.15) is 25.3 Å². The largest absolute Gasteiger partial charge is 0.393 e. The summed E-state index contributed by atoms with van der Waals surface area (Å²) in [5.41, 5.74) is 1.94. The Kier molecular flexibility index (Phi) is 5.49. The summed E-state index contributed by atoms with van der Waals surface area (Å²) in [5, 5.41) is 14.5. The third kappa shape index (κ3) is 5.92. The molecule has 0 aliphatic heterocycles. The van der Waals surface area contributed by atoms with E-state index < -0.39 is 0 Å². The maximum atomic E-state index is 11.5. The average molecular weight is 236 g/mol. The smallest absolute Gasteiger partial charge is 0.319 e. The lowest BCUT2D eigenvalue weighted by Crippen LogP contribution is -2.29. The lowest BCUT2D eigenvalue weighted by Gasteiger charge is -2.08. The number of urea groups is 1. The number of hydrogen-bond acceptors (Lipinski definition) is 2. The predicted octanol–water partition coefficient (Wildman–Crippen LogP) is 2.28. The molecule has 1 rings (SSSR count). The summed E-state index contributed by atoms with van der Waals surface area (Å²) in [7, 11) is 0. The molecule has 17 heavy (non-hydrogen) atoms. The van der Waals surface area contributed by atoms with Crippen LogP contribution >= 0.6 is 0 Å². The van der Waals surface area contributed by atoms with Gasteiger partial charge in [-0.25, -0.2) is 4.79 Å². The summed E-state index contributed by atoms with van der Waals surface area (Å²) in [5.74, 6) is 0. The number of anilines is 1. The van der Waals surface area contributed by atoms with Crippen molar-refractivity contribution < 1.29 is 9.90 Å². The second-order valence-electron chi connectivity index (χ2n) is 4.24. The summed E-state index contributed by atoms with van der Waals surface area (Å²) >= 11 is 0. The van der Waals surface area contributed by atoms with Crippen molar-refractivity contribution in [2.75, 3.05) is 11.9 Å². The van der Waals surface area contributed by atoms with Crippen LogP contribution in [0.4, 0.5) is 10.5 Å². The SMILES string of the molecule is Cc1ccc(NC(=O)NCCCC(C)O)cc1. The van der Waals surface area contributed by atoms with Crippen molar-refractivity contribution in [1.29, 1.82) is 0 Å². The van der Waals surface area contributed by atoms with Gasteiger partial charge in [-0.3, -0.25) is 0 Å². The van der Waals surface area contributed by atoms with E-state index in [9.17, 15) is 4.79 Å². The normalized spacial score (nSPS) is 11.9. The van der Waals surface area contributed by atoms with Crippen LogP contribution < -0.4 is 10.6 Å². The highest BCUT2D eigenvalue weighted by Gasteiger charge is 2.01. The van der Waals surface area contributed by atoms with E-state index in [2.05, 4.69) is 10.6 Å². The summed E-state index contributed by atoms with van der Waals surface area (Å²) in [6, 6.07) is 7.42. The van der Waals surface area contributed by atoms with Gasteiger partial charge in [-0.1, -0.05) is 17.7 Å². The first-order valence-corrected chi connectivity index (χ1v) is 5.87. The zero-order valence-electron chi connectivity index (χ0n) is 10.4. The third-order valence-electron chi connectivity index (χ3n) is 2.39. The number of carbonyl (C=O) groups excluding carboxylic acids is 1. The van der Waals surface area contributed by atoms with Crippen LogP contribution in [0.25, 0.3) is 0 Å². The van der Waals surface area contributed by atoms with Gasteiger partial charge in [0.2, 0.25) is 0 Å². The van der Waals surface area contributed by atoms with Gasteiger partial charge in [-0.05, 0) is 38.8 Å². The fourth-order valence-electron chi connectivity index (χ4n) is 1.41. The molecular weight excluding hydrogens is 216 g/mol. The van der Waals surface area contributed by atoms with E-state index in [1.54, 1.807) is 6.92 Å². The number of amides is 2. The molecule has 0 aliphatic rings. The Bertz CT molecular complexity index is 347. The zero-order valence-corrected chi connectivity index (χ0v) is 10.4. The number of carbonyl (C=O) groups is 1. The number of aliphatic hydroxyl groups excluding tert-OH is 1. The lowest BCUT2D eigenvalue weighted by atomic mass is 10.2. The summed E-state index contributed by atoms with van der Waals surface area (Å²) in [6.45, 7) is 4.31. The second kappa shape index (κ2) is 6.91. The van der Waals surface area contributed by atoms with Crippen molar-refractivity contribution in [2.45, 2.75) is 32.8 Å². The molecule has 0 saturated carbocycles. The van der Waals surface area contributed by atoms with Gasteiger partial charge in [0.05, 0.1) is 6.10 Å². The first-order chi connectivity index (χ1) is 8.08. The van der Waals surface area contributed by atoms with Crippen LogP contribution in [0, 0.1) is 6.92 Å². The zero-order chi connectivity index (χ0) is 12.7. The van der Waals surface area contributed by atoms with E-state index in [-0.39, 0.29) is 12.1 Å². The monoisotopic (exact) mass is 236 g/mol. The number of rotatable bonds is 5. The van der Waals surface area contributed by atoms with Gasteiger partial charge in [0, 0.05) is 12.2 Å². The van der Waals surface area contributed by atoms with Crippen LogP contribution in [-0.4, -0.2) is 23.8 Å². The molecule has 4 heteroatoms. The molecule has 0 aromatic heterocycles. The highest BCUT2D eigenvalue weighted by atomic mass is 16.3. The van der Waals surface area contributed by atoms with Crippen LogP contribution in [0.15, 0.2) is 24.3 Å². The maximum absolute atomic E-state index is 11.5. The molecule has 0 aliphatic carbocycles. The Labute approximate surface area is 102 Å². The summed E-state index contributed by atoms with van der Waals surface area (Å²) in [4.78, 5) is 11.5. The molecule has 0 radical (unpaired) electrons. The van der Waals surface area contributed by atoms with Gasteiger partial charge in [-0.15, -0.1) is 0 Å². The number of benzene rings is 1. The van der Waals surface area contributed by atoms with Crippen molar-refractivity contribution >= 4 is 11.7 Å². The molecular formula is C13H20N2O2. The molecule has 0 saturated heterocycles. The van der Waals surface area contributed by atoms with Gasteiger partial charge >= 0.3 is 6.03 Å². The van der Waals surface area contributed by atoms with E-state index in [1.807, 2.05) is 31.2 Å². The maximum Gasteiger partial charge on any atom is 0.319 e. The Morgan fingerprint density at radius 3 is 2.59 bits per heavy atom. The number of aryl methyl sites for hydroxylation is 1. The van der Waals surface area contributed by atoms with Gasteiger partial charge in [-0.2, -0.15) is 0 Å². The Morgan fingerprint density at radius 1 is 1.35 bits per heavy atom. The van der Waals surface area contributed by atoms with E-state index in [0.29, 0.717) is 13.0 Å². The molecule has 3 N–H and O–H groups in total. The van der Waals surface area contributed by atoms with Crippen LogP contribution in [0.5, 0.6) is 0 Å². The minimum absolute atomic E-state index is 0.209. The number of nitrogens with one attached hydrogen (secondary N) is 2. The van der Waals surface area contributed by atoms with E-state index in [0.717, 1.165) is 17.7 Å². The highest BCUT2D eigenvalue weighted by molar-refractivity contribution is 5.89. The van der Waals surface area contributed by atoms with Gasteiger partial charge in [0.25, 0.3) is 0 Å². The first-order valence-electron chi connectivity index (χ1n) is 5.87. The van der Waals surface area contributed by atoms with Crippen molar-refractivity contribution in [3.05, 3.63) is 29.8 Å². The molecule has 0 fully saturated rings. The predicted molar refractivity (Wildman–Crippen MR) is 69.1 cm³/mol. The van der Waals surface area contributed by atoms with Crippen LogP contribution in [0.2, 0.25) is 0 Å². The van der Waals surface area contributed by atoms with E-state index in [1.165, 1.54) is 0 Å². The molecule has 94 valence electrons. The quantitative estimate of drug-likeness (QED) is 0.687. The molecule has 1 aromatic carbocycles. The number of hydrogen-bond donors (Lipinski definition) is 3. The molecule has 1 aromatic rings. The molecule has 0 bridgehead atoms. The highest BCUT2D eigenvalue weighted by Crippen LogP contribution is 2.07.